The fourth-order valence-electron chi connectivity index (χ4n) is 0.434. The lowest BCUT2D eigenvalue weighted by molar-refractivity contribution is 1.23. The summed E-state index contributed by atoms with van der Waals surface area (Å²) in [5.74, 6) is 0. The zero-order valence-corrected chi connectivity index (χ0v) is 7.08. The van der Waals surface area contributed by atoms with Crippen LogP contribution >= 0.6 is 23.2 Å². The van der Waals surface area contributed by atoms with Crippen LogP contribution in [-0.2, 0) is 0 Å². The maximum Gasteiger partial charge on any atom is 0.0504 e. The molecule has 0 heterocycles. The highest BCUT2D eigenvalue weighted by Crippen LogP contribution is 2.07. The minimum atomic E-state index is 0.00806. The standard InChI is InChI=1S/C7H10Cl2/c1-3-4-7(9)5-6(2)8/h3-6H,1-2H3. The lowest BCUT2D eigenvalue weighted by Gasteiger charge is -1.91. The topological polar surface area (TPSA) is 0 Å². The van der Waals surface area contributed by atoms with Crippen molar-refractivity contribution in [2.45, 2.75) is 19.2 Å². The smallest absolute Gasteiger partial charge is 0.0504 e. The monoisotopic (exact) mass is 164 g/mol. The van der Waals surface area contributed by atoms with Crippen molar-refractivity contribution in [1.82, 2.24) is 0 Å². The Labute approximate surface area is 66.2 Å². The molecule has 0 amide bonds. The van der Waals surface area contributed by atoms with Crippen molar-refractivity contribution in [3.8, 4) is 0 Å². The van der Waals surface area contributed by atoms with Gasteiger partial charge < -0.3 is 0 Å². The second-order valence-corrected chi connectivity index (χ2v) is 2.85. The van der Waals surface area contributed by atoms with Gasteiger partial charge in [0.05, 0.1) is 5.38 Å². The van der Waals surface area contributed by atoms with Crippen molar-refractivity contribution in [3.63, 3.8) is 0 Å². The number of allylic oxidation sites excluding steroid dienone is 4. The summed E-state index contributed by atoms with van der Waals surface area (Å²) in [4.78, 5) is 0. The van der Waals surface area contributed by atoms with Gasteiger partial charge in [-0.05, 0) is 26.0 Å². The molecule has 0 N–H and O–H groups in total. The van der Waals surface area contributed by atoms with Crippen molar-refractivity contribution in [2.75, 3.05) is 0 Å². The number of hydrogen-bond acceptors (Lipinski definition) is 0. The van der Waals surface area contributed by atoms with Crippen LogP contribution in [0.15, 0.2) is 23.3 Å². The molecule has 0 nitrogen and oxygen atoms in total. The lowest BCUT2D eigenvalue weighted by atomic mass is 10.4. The molecule has 0 aliphatic carbocycles. The quantitative estimate of drug-likeness (QED) is 0.435. The molecule has 1 unspecified atom stereocenters. The molecular formula is C7H10Cl2. The van der Waals surface area contributed by atoms with Gasteiger partial charge in [-0.15, -0.1) is 11.6 Å². The molecule has 0 radical (unpaired) electrons. The van der Waals surface area contributed by atoms with E-state index >= 15 is 0 Å². The number of halogens is 2. The summed E-state index contributed by atoms with van der Waals surface area (Å²) in [6, 6.07) is 0. The summed E-state index contributed by atoms with van der Waals surface area (Å²) in [5.41, 5.74) is 0. The van der Waals surface area contributed by atoms with E-state index in [1.807, 2.05) is 19.9 Å². The molecule has 0 aliphatic rings. The fraction of sp³-hybridized carbons (Fsp3) is 0.429. The van der Waals surface area contributed by atoms with Crippen molar-refractivity contribution in [1.29, 1.82) is 0 Å². The van der Waals surface area contributed by atoms with Crippen LogP contribution in [0.4, 0.5) is 0 Å². The van der Waals surface area contributed by atoms with Gasteiger partial charge in [0.2, 0.25) is 0 Å². The summed E-state index contributed by atoms with van der Waals surface area (Å²) in [6.07, 6.45) is 5.46. The van der Waals surface area contributed by atoms with Crippen molar-refractivity contribution in [2.24, 2.45) is 0 Å². The van der Waals surface area contributed by atoms with Crippen molar-refractivity contribution >= 4 is 23.2 Å². The van der Waals surface area contributed by atoms with Crippen LogP contribution in [0, 0.1) is 0 Å². The van der Waals surface area contributed by atoms with Crippen LogP contribution in [0.2, 0.25) is 0 Å². The molecular weight excluding hydrogens is 155 g/mol. The highest BCUT2D eigenvalue weighted by atomic mass is 35.5. The number of rotatable bonds is 2. The van der Waals surface area contributed by atoms with E-state index < -0.39 is 0 Å². The number of hydrogen-bond donors (Lipinski definition) is 0. The molecule has 0 aromatic heterocycles. The molecule has 0 aliphatic heterocycles. The fourth-order valence-corrected chi connectivity index (χ4v) is 0.949. The lowest BCUT2D eigenvalue weighted by Crippen LogP contribution is -1.81. The third-order valence-electron chi connectivity index (χ3n) is 0.715. The summed E-state index contributed by atoms with van der Waals surface area (Å²) < 4.78 is 0. The summed E-state index contributed by atoms with van der Waals surface area (Å²) in [7, 11) is 0. The Morgan fingerprint density at radius 1 is 1.56 bits per heavy atom. The highest BCUT2D eigenvalue weighted by molar-refractivity contribution is 6.32. The van der Waals surface area contributed by atoms with Gasteiger partial charge in [-0.1, -0.05) is 17.7 Å². The first kappa shape index (κ1) is 9.06. The van der Waals surface area contributed by atoms with Crippen LogP contribution in [0.3, 0.4) is 0 Å². The van der Waals surface area contributed by atoms with Gasteiger partial charge in [-0.25, -0.2) is 0 Å². The van der Waals surface area contributed by atoms with E-state index in [1.54, 1.807) is 12.2 Å². The minimum absolute atomic E-state index is 0.00806. The molecule has 0 aromatic carbocycles. The maximum atomic E-state index is 5.67. The molecule has 9 heavy (non-hydrogen) atoms. The molecule has 0 rings (SSSR count). The summed E-state index contributed by atoms with van der Waals surface area (Å²) in [6.45, 7) is 3.78. The summed E-state index contributed by atoms with van der Waals surface area (Å²) >= 11 is 11.3. The van der Waals surface area contributed by atoms with Crippen LogP contribution in [0.1, 0.15) is 13.8 Å². The van der Waals surface area contributed by atoms with Gasteiger partial charge in [0.15, 0.2) is 0 Å². The molecule has 0 aromatic rings. The molecule has 2 heteroatoms. The highest BCUT2D eigenvalue weighted by Gasteiger charge is 1.89. The van der Waals surface area contributed by atoms with Crippen LogP contribution in [0.25, 0.3) is 0 Å². The van der Waals surface area contributed by atoms with Crippen LogP contribution < -0.4 is 0 Å². The van der Waals surface area contributed by atoms with E-state index in [4.69, 9.17) is 23.2 Å². The average molecular weight is 165 g/mol. The van der Waals surface area contributed by atoms with Gasteiger partial charge >= 0.3 is 0 Å². The summed E-state index contributed by atoms with van der Waals surface area (Å²) in [5, 5.41) is 0.703. The SMILES string of the molecule is CC=CC(Cl)=CC(C)Cl. The van der Waals surface area contributed by atoms with E-state index in [0.29, 0.717) is 5.03 Å². The third-order valence-corrected chi connectivity index (χ3v) is 1.09. The second kappa shape index (κ2) is 4.89. The van der Waals surface area contributed by atoms with Gasteiger partial charge in [0.25, 0.3) is 0 Å². The first-order chi connectivity index (χ1) is 4.16. The molecule has 52 valence electrons. The minimum Gasteiger partial charge on any atom is -0.119 e. The van der Waals surface area contributed by atoms with Gasteiger partial charge in [0, 0.05) is 5.03 Å². The predicted octanol–water partition coefficient (Wildman–Crippen LogP) is 3.31. The Morgan fingerprint density at radius 2 is 2.11 bits per heavy atom. The van der Waals surface area contributed by atoms with Crippen LogP contribution in [-0.4, -0.2) is 5.38 Å². The Kier molecular flexibility index (Phi) is 4.93. The Hall–Kier alpha value is 0.0600. The molecule has 0 saturated carbocycles. The molecule has 0 spiro atoms. The Bertz CT molecular complexity index is 123. The van der Waals surface area contributed by atoms with Gasteiger partial charge in [-0.3, -0.25) is 0 Å². The second-order valence-electron chi connectivity index (χ2n) is 1.73. The average Bonchev–Trinajstić information content (AvgIpc) is 1.63. The van der Waals surface area contributed by atoms with Crippen molar-refractivity contribution in [3.05, 3.63) is 23.3 Å². The Balaban J connectivity index is 3.84. The Morgan fingerprint density at radius 3 is 2.44 bits per heavy atom. The molecule has 0 saturated heterocycles. The first-order valence-corrected chi connectivity index (χ1v) is 3.62. The van der Waals surface area contributed by atoms with Gasteiger partial charge in [-0.2, -0.15) is 0 Å². The molecule has 1 atom stereocenters. The van der Waals surface area contributed by atoms with E-state index in [0.717, 1.165) is 0 Å². The van der Waals surface area contributed by atoms with E-state index in [9.17, 15) is 0 Å². The zero-order chi connectivity index (χ0) is 7.28. The maximum absolute atomic E-state index is 5.67. The largest absolute Gasteiger partial charge is 0.119 e. The number of alkyl halides is 1. The third kappa shape index (κ3) is 5.94. The zero-order valence-electron chi connectivity index (χ0n) is 5.57. The van der Waals surface area contributed by atoms with E-state index in [2.05, 4.69) is 0 Å². The normalized spacial score (nSPS) is 16.7. The van der Waals surface area contributed by atoms with E-state index in [-0.39, 0.29) is 5.38 Å². The van der Waals surface area contributed by atoms with Crippen molar-refractivity contribution < 1.29 is 0 Å². The first-order valence-electron chi connectivity index (χ1n) is 2.81. The van der Waals surface area contributed by atoms with E-state index in [1.165, 1.54) is 0 Å². The van der Waals surface area contributed by atoms with Gasteiger partial charge in [0.1, 0.15) is 0 Å². The molecule has 0 bridgehead atoms. The molecule has 0 fully saturated rings. The predicted molar refractivity (Wildman–Crippen MR) is 44.1 cm³/mol. The van der Waals surface area contributed by atoms with Crippen LogP contribution in [0.5, 0.6) is 0 Å².